The summed E-state index contributed by atoms with van der Waals surface area (Å²) in [5.41, 5.74) is 3.19. The molecule has 0 spiro atoms. The van der Waals surface area contributed by atoms with Crippen molar-refractivity contribution in [1.29, 1.82) is 0 Å². The molecule has 0 radical (unpaired) electrons. The molecule has 0 aliphatic rings. The molecular weight excluding hydrogens is 316 g/mol. The normalized spacial score (nSPS) is 10.5. The molecule has 0 atom stereocenters. The third kappa shape index (κ3) is 3.35. The minimum Gasteiger partial charge on any atom is -0.461 e. The molecule has 0 bridgehead atoms. The van der Waals surface area contributed by atoms with E-state index in [1.165, 1.54) is 0 Å². The van der Waals surface area contributed by atoms with Crippen LogP contribution in [0.3, 0.4) is 0 Å². The second-order valence-electron chi connectivity index (χ2n) is 5.60. The summed E-state index contributed by atoms with van der Waals surface area (Å²) in [5, 5.41) is 6.80. The number of nitrogens with one attached hydrogen (secondary N) is 1. The second-order valence-corrected chi connectivity index (χ2v) is 5.60. The highest BCUT2D eigenvalue weighted by molar-refractivity contribution is 6.14. The third-order valence-electron chi connectivity index (χ3n) is 3.84. The summed E-state index contributed by atoms with van der Waals surface area (Å²) in [4.78, 5) is 25.1. The van der Waals surface area contributed by atoms with E-state index in [1.54, 1.807) is 31.2 Å². The van der Waals surface area contributed by atoms with E-state index in [1.807, 2.05) is 37.3 Å². The predicted octanol–water partition coefficient (Wildman–Crippen LogP) is 3.79. The van der Waals surface area contributed by atoms with Crippen LogP contribution in [0, 0.1) is 6.92 Å². The van der Waals surface area contributed by atoms with Gasteiger partial charge in [-0.05, 0) is 19.4 Å². The average molecular weight is 334 g/mol. The van der Waals surface area contributed by atoms with Gasteiger partial charge in [-0.15, -0.1) is 0 Å². The van der Waals surface area contributed by atoms with Gasteiger partial charge < -0.3 is 4.74 Å². The fourth-order valence-electron chi connectivity index (χ4n) is 2.58. The number of nitrogens with zero attached hydrogens (tertiary/aromatic N) is 1. The Kier molecular flexibility index (Phi) is 4.75. The molecule has 25 heavy (non-hydrogen) atoms. The first kappa shape index (κ1) is 16.6. The molecule has 0 amide bonds. The van der Waals surface area contributed by atoms with Crippen molar-refractivity contribution in [2.75, 3.05) is 6.61 Å². The molecular formula is C20H18N2O3. The Labute approximate surface area is 145 Å². The number of hydrogen-bond acceptors (Lipinski definition) is 4. The van der Waals surface area contributed by atoms with E-state index in [9.17, 15) is 9.59 Å². The Bertz CT molecular complexity index is 896. The highest BCUT2D eigenvalue weighted by Gasteiger charge is 2.26. The van der Waals surface area contributed by atoms with Crippen molar-refractivity contribution in [3.63, 3.8) is 0 Å². The van der Waals surface area contributed by atoms with Crippen LogP contribution in [0.15, 0.2) is 54.6 Å². The molecule has 0 saturated carbocycles. The summed E-state index contributed by atoms with van der Waals surface area (Å²) in [6.07, 6.45) is 0. The van der Waals surface area contributed by atoms with Gasteiger partial charge in [0.15, 0.2) is 5.69 Å². The number of carbonyl (C=O) groups excluding carboxylic acids is 2. The summed E-state index contributed by atoms with van der Waals surface area (Å²) >= 11 is 0. The number of esters is 1. The zero-order chi connectivity index (χ0) is 17.8. The summed E-state index contributed by atoms with van der Waals surface area (Å²) in [6.45, 7) is 3.95. The molecule has 0 aliphatic carbocycles. The van der Waals surface area contributed by atoms with E-state index in [-0.39, 0.29) is 23.8 Å². The topological polar surface area (TPSA) is 72.1 Å². The van der Waals surface area contributed by atoms with Crippen LogP contribution in [-0.4, -0.2) is 28.6 Å². The molecule has 0 saturated heterocycles. The third-order valence-corrected chi connectivity index (χ3v) is 3.84. The Morgan fingerprint density at radius 1 is 1.04 bits per heavy atom. The number of rotatable bonds is 5. The quantitative estimate of drug-likeness (QED) is 0.569. The number of benzene rings is 2. The Balaban J connectivity index is 2.14. The molecule has 1 heterocycles. The van der Waals surface area contributed by atoms with Crippen molar-refractivity contribution in [3.8, 4) is 11.1 Å². The van der Waals surface area contributed by atoms with Crippen LogP contribution in [0.2, 0.25) is 0 Å². The van der Waals surface area contributed by atoms with Crippen molar-refractivity contribution < 1.29 is 14.3 Å². The number of ketones is 1. The number of aromatic nitrogens is 2. The number of hydrogen-bond donors (Lipinski definition) is 1. The van der Waals surface area contributed by atoms with Crippen LogP contribution in [0.25, 0.3) is 11.1 Å². The van der Waals surface area contributed by atoms with Crippen LogP contribution in [-0.2, 0) is 4.74 Å². The van der Waals surface area contributed by atoms with E-state index in [0.717, 1.165) is 11.1 Å². The van der Waals surface area contributed by atoms with Crippen molar-refractivity contribution in [2.45, 2.75) is 13.8 Å². The summed E-state index contributed by atoms with van der Waals surface area (Å²) in [7, 11) is 0. The number of aromatic amines is 1. The molecule has 3 aromatic rings. The number of carbonyl (C=O) groups is 2. The molecule has 0 unspecified atom stereocenters. The zero-order valence-corrected chi connectivity index (χ0v) is 14.1. The smallest absolute Gasteiger partial charge is 0.357 e. The average Bonchev–Trinajstić information content (AvgIpc) is 3.08. The molecule has 1 aromatic heterocycles. The van der Waals surface area contributed by atoms with Gasteiger partial charge in [-0.1, -0.05) is 60.2 Å². The monoisotopic (exact) mass is 334 g/mol. The number of H-pyrrole nitrogens is 1. The first-order valence-electron chi connectivity index (χ1n) is 8.04. The lowest BCUT2D eigenvalue weighted by atomic mass is 9.97. The Morgan fingerprint density at radius 3 is 2.36 bits per heavy atom. The first-order chi connectivity index (χ1) is 12.1. The van der Waals surface area contributed by atoms with Gasteiger partial charge in [-0.25, -0.2) is 4.79 Å². The van der Waals surface area contributed by atoms with Crippen LogP contribution >= 0.6 is 0 Å². The number of aryl methyl sites for hydroxylation is 1. The maximum absolute atomic E-state index is 12.9. The summed E-state index contributed by atoms with van der Waals surface area (Å²) < 4.78 is 5.09. The fourth-order valence-corrected chi connectivity index (χ4v) is 2.58. The van der Waals surface area contributed by atoms with E-state index in [2.05, 4.69) is 10.2 Å². The lowest BCUT2D eigenvalue weighted by Gasteiger charge is -2.06. The van der Waals surface area contributed by atoms with Crippen LogP contribution < -0.4 is 0 Å². The summed E-state index contributed by atoms with van der Waals surface area (Å²) in [5.74, 6) is -0.777. The van der Waals surface area contributed by atoms with Gasteiger partial charge >= 0.3 is 5.97 Å². The molecule has 126 valence electrons. The molecule has 3 rings (SSSR count). The fraction of sp³-hybridized carbons (Fsp3) is 0.150. The Morgan fingerprint density at radius 2 is 1.72 bits per heavy atom. The van der Waals surface area contributed by atoms with Crippen LogP contribution in [0.5, 0.6) is 0 Å². The maximum atomic E-state index is 12.9. The van der Waals surface area contributed by atoms with Crippen molar-refractivity contribution in [1.82, 2.24) is 10.2 Å². The lowest BCUT2D eigenvalue weighted by molar-refractivity contribution is 0.0520. The number of ether oxygens (including phenoxy) is 1. The van der Waals surface area contributed by atoms with Gasteiger partial charge in [0.05, 0.1) is 6.61 Å². The lowest BCUT2D eigenvalue weighted by Crippen LogP contribution is -2.08. The van der Waals surface area contributed by atoms with E-state index < -0.39 is 5.97 Å². The van der Waals surface area contributed by atoms with Crippen LogP contribution in [0.1, 0.15) is 39.0 Å². The van der Waals surface area contributed by atoms with E-state index >= 15 is 0 Å². The molecule has 0 fully saturated rings. The predicted molar refractivity (Wildman–Crippen MR) is 94.6 cm³/mol. The maximum Gasteiger partial charge on any atom is 0.357 e. The Hall–Kier alpha value is -3.21. The minimum atomic E-state index is -0.530. The molecule has 5 nitrogen and oxygen atoms in total. The first-order valence-corrected chi connectivity index (χ1v) is 8.04. The highest BCUT2D eigenvalue weighted by atomic mass is 16.5. The van der Waals surface area contributed by atoms with Crippen molar-refractivity contribution in [2.24, 2.45) is 0 Å². The second kappa shape index (κ2) is 7.13. The summed E-state index contributed by atoms with van der Waals surface area (Å²) in [6, 6.07) is 16.4. The van der Waals surface area contributed by atoms with E-state index in [0.29, 0.717) is 11.1 Å². The largest absolute Gasteiger partial charge is 0.461 e. The molecule has 5 heteroatoms. The van der Waals surface area contributed by atoms with E-state index in [4.69, 9.17) is 4.74 Å². The van der Waals surface area contributed by atoms with Gasteiger partial charge in [0, 0.05) is 11.1 Å². The van der Waals surface area contributed by atoms with Gasteiger partial charge in [-0.2, -0.15) is 5.10 Å². The zero-order valence-electron chi connectivity index (χ0n) is 14.1. The van der Waals surface area contributed by atoms with Gasteiger partial charge in [0.2, 0.25) is 5.78 Å². The molecule has 1 N–H and O–H groups in total. The molecule has 0 aliphatic heterocycles. The SMILES string of the molecule is CCOC(=O)c1[nH]nc(C(=O)c2ccccc2)c1-c1ccc(C)cc1. The minimum absolute atomic E-state index is 0.185. The molecule has 2 aromatic carbocycles. The standard InChI is InChI=1S/C20H18N2O3/c1-3-25-20(24)18-16(14-11-9-13(2)10-12-14)17(21-22-18)19(23)15-7-5-4-6-8-15/h4-12H,3H2,1-2H3,(H,21,22). The van der Waals surface area contributed by atoms with Crippen LogP contribution in [0.4, 0.5) is 0 Å². The van der Waals surface area contributed by atoms with Gasteiger partial charge in [0.1, 0.15) is 5.69 Å². The van der Waals surface area contributed by atoms with Crippen molar-refractivity contribution in [3.05, 3.63) is 77.1 Å². The van der Waals surface area contributed by atoms with Crippen molar-refractivity contribution >= 4 is 11.8 Å². The van der Waals surface area contributed by atoms with Gasteiger partial charge in [0.25, 0.3) is 0 Å². The highest BCUT2D eigenvalue weighted by Crippen LogP contribution is 2.28. The van der Waals surface area contributed by atoms with Gasteiger partial charge in [-0.3, -0.25) is 9.89 Å².